The molecule has 0 unspecified atom stereocenters. The first-order chi connectivity index (χ1) is 9.22. The number of methoxy groups -OCH3 is 1. The van der Waals surface area contributed by atoms with Gasteiger partial charge in [-0.15, -0.1) is 11.3 Å². The van der Waals surface area contributed by atoms with Crippen LogP contribution in [0.2, 0.25) is 0 Å². The second-order valence-corrected chi connectivity index (χ2v) is 4.91. The number of primary amides is 1. The molecule has 19 heavy (non-hydrogen) atoms. The Kier molecular flexibility index (Phi) is 4.41. The summed E-state index contributed by atoms with van der Waals surface area (Å²) in [4.78, 5) is 12.6. The summed E-state index contributed by atoms with van der Waals surface area (Å²) in [5.41, 5.74) is 5.67. The number of benzene rings is 1. The Morgan fingerprint density at radius 3 is 2.79 bits per heavy atom. The van der Waals surface area contributed by atoms with Gasteiger partial charge in [-0.1, -0.05) is 12.1 Å². The van der Waals surface area contributed by atoms with Crippen molar-refractivity contribution in [2.45, 2.75) is 6.42 Å². The molecule has 0 aliphatic carbocycles. The van der Waals surface area contributed by atoms with Crippen LogP contribution in [0, 0.1) is 0 Å². The predicted molar refractivity (Wildman–Crippen MR) is 75.0 cm³/mol. The van der Waals surface area contributed by atoms with Gasteiger partial charge < -0.3 is 15.2 Å². The molecule has 0 fully saturated rings. The van der Waals surface area contributed by atoms with E-state index in [1.54, 1.807) is 29.5 Å². The lowest BCUT2D eigenvalue weighted by molar-refractivity contribution is 0.0995. The molecule has 2 N–H and O–H groups in total. The minimum absolute atomic E-state index is 0.338. The third-order valence-corrected chi connectivity index (χ3v) is 3.58. The molecule has 0 saturated heterocycles. The van der Waals surface area contributed by atoms with Gasteiger partial charge in [-0.05, 0) is 23.6 Å². The lowest BCUT2D eigenvalue weighted by atomic mass is 10.2. The summed E-state index contributed by atoms with van der Waals surface area (Å²) in [6, 6.07) is 9.13. The zero-order valence-corrected chi connectivity index (χ0v) is 11.4. The molecule has 5 heteroatoms. The van der Waals surface area contributed by atoms with E-state index in [1.807, 2.05) is 17.5 Å². The number of carbonyl (C=O) groups is 1. The topological polar surface area (TPSA) is 61.5 Å². The molecule has 1 amide bonds. The van der Waals surface area contributed by atoms with Crippen LogP contribution in [0.1, 0.15) is 15.2 Å². The monoisotopic (exact) mass is 277 g/mol. The van der Waals surface area contributed by atoms with Gasteiger partial charge in [0.05, 0.1) is 19.3 Å². The van der Waals surface area contributed by atoms with Crippen LogP contribution in [0.15, 0.2) is 35.7 Å². The van der Waals surface area contributed by atoms with Crippen LogP contribution in [-0.2, 0) is 6.42 Å². The van der Waals surface area contributed by atoms with Gasteiger partial charge in [-0.2, -0.15) is 0 Å². The van der Waals surface area contributed by atoms with Crippen LogP contribution in [0.25, 0.3) is 0 Å². The van der Waals surface area contributed by atoms with E-state index in [9.17, 15) is 4.79 Å². The Morgan fingerprint density at radius 2 is 2.16 bits per heavy atom. The number of hydrogen-bond acceptors (Lipinski definition) is 4. The van der Waals surface area contributed by atoms with Crippen LogP contribution >= 0.6 is 11.3 Å². The predicted octanol–water partition coefficient (Wildman–Crippen LogP) is 2.48. The fourth-order valence-corrected chi connectivity index (χ4v) is 2.42. The normalized spacial score (nSPS) is 10.2. The summed E-state index contributed by atoms with van der Waals surface area (Å²) in [6.07, 6.45) is 0.786. The summed E-state index contributed by atoms with van der Waals surface area (Å²) in [5, 5.41) is 2.02. The number of amides is 1. The van der Waals surface area contributed by atoms with Gasteiger partial charge in [0.1, 0.15) is 0 Å². The molecule has 0 saturated carbocycles. The molecule has 0 atom stereocenters. The smallest absolute Gasteiger partial charge is 0.252 e. The quantitative estimate of drug-likeness (QED) is 0.882. The lowest BCUT2D eigenvalue weighted by Gasteiger charge is -2.13. The Morgan fingerprint density at radius 1 is 1.32 bits per heavy atom. The molecular weight excluding hydrogens is 262 g/mol. The maximum absolute atomic E-state index is 11.4. The van der Waals surface area contributed by atoms with E-state index in [1.165, 1.54) is 12.0 Å². The van der Waals surface area contributed by atoms with Gasteiger partial charge in [-0.25, -0.2) is 0 Å². The van der Waals surface area contributed by atoms with E-state index in [2.05, 4.69) is 0 Å². The van der Waals surface area contributed by atoms with E-state index >= 15 is 0 Å². The van der Waals surface area contributed by atoms with E-state index < -0.39 is 5.91 Å². The van der Waals surface area contributed by atoms with Crippen molar-refractivity contribution in [2.24, 2.45) is 5.73 Å². The minimum atomic E-state index is -0.523. The SMILES string of the molecule is COc1cccc(C(N)=O)c1OCCc1cccs1. The van der Waals surface area contributed by atoms with Crippen molar-refractivity contribution >= 4 is 17.2 Å². The van der Waals surface area contributed by atoms with Crippen LogP contribution in [0.3, 0.4) is 0 Å². The van der Waals surface area contributed by atoms with Crippen molar-refractivity contribution in [3.8, 4) is 11.5 Å². The van der Waals surface area contributed by atoms with Crippen molar-refractivity contribution in [3.05, 3.63) is 46.2 Å². The van der Waals surface area contributed by atoms with Crippen molar-refractivity contribution in [2.75, 3.05) is 13.7 Å². The lowest BCUT2D eigenvalue weighted by Crippen LogP contribution is -2.14. The van der Waals surface area contributed by atoms with Crippen LogP contribution in [-0.4, -0.2) is 19.6 Å². The third-order valence-electron chi connectivity index (χ3n) is 2.64. The van der Waals surface area contributed by atoms with Crippen LogP contribution < -0.4 is 15.2 Å². The molecule has 1 heterocycles. The highest BCUT2D eigenvalue weighted by atomic mass is 32.1. The van der Waals surface area contributed by atoms with Gasteiger partial charge in [-0.3, -0.25) is 4.79 Å². The van der Waals surface area contributed by atoms with Gasteiger partial charge in [0, 0.05) is 11.3 Å². The average Bonchev–Trinajstić information content (AvgIpc) is 2.91. The van der Waals surface area contributed by atoms with E-state index in [0.717, 1.165) is 6.42 Å². The maximum atomic E-state index is 11.4. The number of nitrogens with two attached hydrogens (primary N) is 1. The summed E-state index contributed by atoms with van der Waals surface area (Å²) < 4.78 is 10.9. The van der Waals surface area contributed by atoms with E-state index in [4.69, 9.17) is 15.2 Å². The Labute approximate surface area is 115 Å². The molecule has 0 radical (unpaired) electrons. The third kappa shape index (κ3) is 3.26. The average molecular weight is 277 g/mol. The highest BCUT2D eigenvalue weighted by molar-refractivity contribution is 7.09. The van der Waals surface area contributed by atoms with Gasteiger partial charge >= 0.3 is 0 Å². The fraction of sp³-hybridized carbons (Fsp3) is 0.214. The molecule has 0 bridgehead atoms. The largest absolute Gasteiger partial charge is 0.493 e. The number of para-hydroxylation sites is 1. The van der Waals surface area contributed by atoms with Gasteiger partial charge in [0.25, 0.3) is 5.91 Å². The molecule has 0 aliphatic heterocycles. The standard InChI is InChI=1S/C14H15NO3S/c1-17-12-6-2-5-11(14(15)16)13(12)18-8-7-10-4-3-9-19-10/h2-6,9H,7-8H2,1H3,(H2,15,16). The zero-order valence-electron chi connectivity index (χ0n) is 10.6. The molecule has 0 aliphatic rings. The second-order valence-electron chi connectivity index (χ2n) is 3.88. The highest BCUT2D eigenvalue weighted by Gasteiger charge is 2.14. The first kappa shape index (κ1) is 13.4. The number of thiophene rings is 1. The Balaban J connectivity index is 2.11. The number of rotatable bonds is 6. The summed E-state index contributed by atoms with van der Waals surface area (Å²) in [6.45, 7) is 0.473. The van der Waals surface area contributed by atoms with Crippen LogP contribution in [0.5, 0.6) is 11.5 Å². The molecule has 100 valence electrons. The number of carbonyl (C=O) groups excluding carboxylic acids is 1. The molecule has 1 aromatic carbocycles. The summed E-state index contributed by atoms with van der Waals surface area (Å²) in [7, 11) is 1.53. The number of ether oxygens (including phenoxy) is 2. The summed E-state index contributed by atoms with van der Waals surface area (Å²) >= 11 is 1.68. The van der Waals surface area contributed by atoms with Gasteiger partial charge in [0.2, 0.25) is 0 Å². The zero-order chi connectivity index (χ0) is 13.7. The van der Waals surface area contributed by atoms with Crippen molar-refractivity contribution in [1.82, 2.24) is 0 Å². The van der Waals surface area contributed by atoms with Crippen molar-refractivity contribution < 1.29 is 14.3 Å². The molecule has 2 aromatic rings. The van der Waals surface area contributed by atoms with Crippen molar-refractivity contribution in [3.63, 3.8) is 0 Å². The highest BCUT2D eigenvalue weighted by Crippen LogP contribution is 2.31. The first-order valence-corrected chi connectivity index (χ1v) is 6.72. The van der Waals surface area contributed by atoms with E-state index in [-0.39, 0.29) is 0 Å². The Hall–Kier alpha value is -2.01. The maximum Gasteiger partial charge on any atom is 0.252 e. The minimum Gasteiger partial charge on any atom is -0.493 e. The van der Waals surface area contributed by atoms with E-state index in [0.29, 0.717) is 23.7 Å². The van der Waals surface area contributed by atoms with Crippen LogP contribution in [0.4, 0.5) is 0 Å². The molecule has 1 aromatic heterocycles. The Bertz CT molecular complexity index is 552. The first-order valence-electron chi connectivity index (χ1n) is 5.84. The fourth-order valence-electron chi connectivity index (χ4n) is 1.73. The second kappa shape index (κ2) is 6.24. The van der Waals surface area contributed by atoms with Crippen molar-refractivity contribution in [1.29, 1.82) is 0 Å². The molecular formula is C14H15NO3S. The van der Waals surface area contributed by atoms with Gasteiger partial charge in [0.15, 0.2) is 11.5 Å². The molecule has 2 rings (SSSR count). The number of hydrogen-bond donors (Lipinski definition) is 1. The molecule has 0 spiro atoms. The molecule has 4 nitrogen and oxygen atoms in total. The summed E-state index contributed by atoms with van der Waals surface area (Å²) in [5.74, 6) is 0.404.